The molecule has 1 aromatic rings. The molecule has 16 heavy (non-hydrogen) atoms. The Balaban J connectivity index is 1.90. The Bertz CT molecular complexity index is 319. The third-order valence-electron chi connectivity index (χ3n) is 3.29. The number of aliphatic hydroxyl groups is 1. The molecule has 0 radical (unpaired) electrons. The third kappa shape index (κ3) is 3.21. The highest BCUT2D eigenvalue weighted by molar-refractivity contribution is 6.30. The molecular formula is C13H18ClNO. The first-order valence-electron chi connectivity index (χ1n) is 5.89. The van der Waals surface area contributed by atoms with E-state index in [2.05, 4.69) is 5.32 Å². The number of aliphatic hydroxyl groups excluding tert-OH is 1. The Morgan fingerprint density at radius 1 is 1.25 bits per heavy atom. The van der Waals surface area contributed by atoms with Crippen molar-refractivity contribution in [3.63, 3.8) is 0 Å². The minimum atomic E-state index is -0.219. The van der Waals surface area contributed by atoms with Crippen molar-refractivity contribution in [1.82, 2.24) is 5.32 Å². The fourth-order valence-corrected chi connectivity index (χ4v) is 2.38. The van der Waals surface area contributed by atoms with Crippen LogP contribution in [0.4, 0.5) is 0 Å². The summed E-state index contributed by atoms with van der Waals surface area (Å²) in [5.41, 5.74) is 1.16. The van der Waals surface area contributed by atoms with Gasteiger partial charge >= 0.3 is 0 Å². The van der Waals surface area contributed by atoms with Crippen molar-refractivity contribution in [2.24, 2.45) is 5.92 Å². The molecule has 0 amide bonds. The summed E-state index contributed by atoms with van der Waals surface area (Å²) in [6.07, 6.45) is 2.68. The molecule has 1 heterocycles. The van der Waals surface area contributed by atoms with Crippen LogP contribution in [0.15, 0.2) is 24.3 Å². The molecule has 88 valence electrons. The van der Waals surface area contributed by atoms with E-state index in [1.165, 1.54) is 0 Å². The van der Waals surface area contributed by atoms with E-state index < -0.39 is 0 Å². The lowest BCUT2D eigenvalue weighted by atomic mass is 9.89. The van der Waals surface area contributed by atoms with Gasteiger partial charge < -0.3 is 10.4 Å². The quantitative estimate of drug-likeness (QED) is 0.848. The maximum atomic E-state index is 10.1. The second-order valence-corrected chi connectivity index (χ2v) is 4.92. The van der Waals surface area contributed by atoms with E-state index in [0.717, 1.165) is 42.9 Å². The summed E-state index contributed by atoms with van der Waals surface area (Å²) in [4.78, 5) is 0. The van der Waals surface area contributed by atoms with E-state index in [-0.39, 0.29) is 6.10 Å². The zero-order valence-corrected chi connectivity index (χ0v) is 10.1. The summed E-state index contributed by atoms with van der Waals surface area (Å²) in [5.74, 6) is 0.442. The van der Waals surface area contributed by atoms with Gasteiger partial charge in [-0.1, -0.05) is 23.7 Å². The summed E-state index contributed by atoms with van der Waals surface area (Å²) in [5, 5.41) is 14.2. The van der Waals surface area contributed by atoms with E-state index in [1.54, 1.807) is 0 Å². The Morgan fingerprint density at radius 3 is 2.50 bits per heavy atom. The van der Waals surface area contributed by atoms with Crippen molar-refractivity contribution in [2.45, 2.75) is 25.4 Å². The van der Waals surface area contributed by atoms with Gasteiger partial charge in [-0.15, -0.1) is 0 Å². The number of hydrogen-bond acceptors (Lipinski definition) is 2. The van der Waals surface area contributed by atoms with E-state index in [9.17, 15) is 5.11 Å². The van der Waals surface area contributed by atoms with Gasteiger partial charge in [0.2, 0.25) is 0 Å². The van der Waals surface area contributed by atoms with Crippen LogP contribution in [-0.2, 0) is 6.42 Å². The van der Waals surface area contributed by atoms with E-state index in [1.807, 2.05) is 24.3 Å². The number of hydrogen-bond donors (Lipinski definition) is 2. The largest absolute Gasteiger partial charge is 0.392 e. The van der Waals surface area contributed by atoms with Crippen molar-refractivity contribution >= 4 is 11.6 Å². The molecule has 1 aliphatic rings. The van der Waals surface area contributed by atoms with Gasteiger partial charge in [0, 0.05) is 5.02 Å². The fraction of sp³-hybridized carbons (Fsp3) is 0.538. The molecule has 3 heteroatoms. The number of piperidine rings is 1. The van der Waals surface area contributed by atoms with Gasteiger partial charge in [0.1, 0.15) is 0 Å². The molecule has 2 N–H and O–H groups in total. The van der Waals surface area contributed by atoms with Crippen molar-refractivity contribution in [3.8, 4) is 0 Å². The first kappa shape index (κ1) is 11.9. The van der Waals surface area contributed by atoms with E-state index in [4.69, 9.17) is 11.6 Å². The average Bonchev–Trinajstić information content (AvgIpc) is 2.33. The van der Waals surface area contributed by atoms with Gasteiger partial charge in [-0.05, 0) is 56.0 Å². The Labute approximate surface area is 102 Å². The monoisotopic (exact) mass is 239 g/mol. The number of rotatable bonds is 3. The van der Waals surface area contributed by atoms with Gasteiger partial charge in [0.25, 0.3) is 0 Å². The normalized spacial score (nSPS) is 19.6. The molecule has 1 aromatic carbocycles. The summed E-state index contributed by atoms with van der Waals surface area (Å²) in [6.45, 7) is 2.06. The highest BCUT2D eigenvalue weighted by atomic mass is 35.5. The van der Waals surface area contributed by atoms with Gasteiger partial charge in [-0.25, -0.2) is 0 Å². The highest BCUT2D eigenvalue weighted by Gasteiger charge is 2.21. The fourth-order valence-electron chi connectivity index (χ4n) is 2.26. The van der Waals surface area contributed by atoms with Gasteiger partial charge in [0.15, 0.2) is 0 Å². The van der Waals surface area contributed by atoms with Crippen LogP contribution in [0.3, 0.4) is 0 Å². The highest BCUT2D eigenvalue weighted by Crippen LogP contribution is 2.20. The summed E-state index contributed by atoms with van der Waals surface area (Å²) in [7, 11) is 0. The van der Waals surface area contributed by atoms with Crippen LogP contribution in [0.5, 0.6) is 0 Å². The molecular weight excluding hydrogens is 222 g/mol. The number of nitrogens with one attached hydrogen (secondary N) is 1. The first-order chi connectivity index (χ1) is 7.75. The molecule has 0 spiro atoms. The van der Waals surface area contributed by atoms with Crippen LogP contribution >= 0.6 is 11.6 Å². The second kappa shape index (κ2) is 5.67. The summed E-state index contributed by atoms with van der Waals surface area (Å²) < 4.78 is 0. The second-order valence-electron chi connectivity index (χ2n) is 4.49. The molecule has 2 rings (SSSR count). The van der Waals surface area contributed by atoms with Crippen LogP contribution in [0, 0.1) is 5.92 Å². The number of benzene rings is 1. The predicted molar refractivity (Wildman–Crippen MR) is 66.8 cm³/mol. The molecule has 0 aromatic heterocycles. The van der Waals surface area contributed by atoms with Gasteiger partial charge in [0.05, 0.1) is 6.10 Å². The van der Waals surface area contributed by atoms with Gasteiger partial charge in [-0.2, -0.15) is 0 Å². The molecule has 0 bridgehead atoms. The van der Waals surface area contributed by atoms with Crippen LogP contribution in [-0.4, -0.2) is 24.3 Å². The van der Waals surface area contributed by atoms with Crippen molar-refractivity contribution in [1.29, 1.82) is 0 Å². The smallest absolute Gasteiger partial charge is 0.0609 e. The first-order valence-corrected chi connectivity index (χ1v) is 6.27. The molecule has 2 nitrogen and oxygen atoms in total. The van der Waals surface area contributed by atoms with Crippen molar-refractivity contribution in [3.05, 3.63) is 34.9 Å². The molecule has 1 aliphatic heterocycles. The lowest BCUT2D eigenvalue weighted by molar-refractivity contribution is 0.0891. The lowest BCUT2D eigenvalue weighted by Gasteiger charge is -2.27. The van der Waals surface area contributed by atoms with Crippen molar-refractivity contribution in [2.75, 3.05) is 13.1 Å². The topological polar surface area (TPSA) is 32.3 Å². The molecule has 0 aliphatic carbocycles. The molecule has 1 atom stereocenters. The maximum absolute atomic E-state index is 10.1. The Hall–Kier alpha value is -0.570. The molecule has 1 saturated heterocycles. The average molecular weight is 240 g/mol. The third-order valence-corrected chi connectivity index (χ3v) is 3.54. The SMILES string of the molecule is OC(Cc1ccc(Cl)cc1)C1CCNCC1. The lowest BCUT2D eigenvalue weighted by Crippen LogP contribution is -2.34. The maximum Gasteiger partial charge on any atom is 0.0609 e. The zero-order chi connectivity index (χ0) is 11.4. The molecule has 0 saturated carbocycles. The summed E-state index contributed by atoms with van der Waals surface area (Å²) in [6, 6.07) is 7.75. The molecule has 1 unspecified atom stereocenters. The predicted octanol–water partition coefficient (Wildman–Crippen LogP) is 2.24. The summed E-state index contributed by atoms with van der Waals surface area (Å²) >= 11 is 5.83. The minimum Gasteiger partial charge on any atom is -0.392 e. The van der Waals surface area contributed by atoms with Crippen molar-refractivity contribution < 1.29 is 5.11 Å². The standard InChI is InChI=1S/C13H18ClNO/c14-12-3-1-10(2-4-12)9-13(16)11-5-7-15-8-6-11/h1-4,11,13,15-16H,5-9H2. The van der Waals surface area contributed by atoms with E-state index >= 15 is 0 Å². The van der Waals surface area contributed by atoms with Gasteiger partial charge in [-0.3, -0.25) is 0 Å². The van der Waals surface area contributed by atoms with Crippen LogP contribution in [0.25, 0.3) is 0 Å². The van der Waals surface area contributed by atoms with Crippen LogP contribution in [0.2, 0.25) is 5.02 Å². The van der Waals surface area contributed by atoms with Crippen LogP contribution in [0.1, 0.15) is 18.4 Å². The van der Waals surface area contributed by atoms with Crippen LogP contribution < -0.4 is 5.32 Å². The number of halogens is 1. The Morgan fingerprint density at radius 2 is 1.88 bits per heavy atom. The Kier molecular flexibility index (Phi) is 4.22. The zero-order valence-electron chi connectivity index (χ0n) is 9.32. The minimum absolute atomic E-state index is 0.219. The molecule has 1 fully saturated rings. The van der Waals surface area contributed by atoms with E-state index in [0.29, 0.717) is 5.92 Å².